The lowest BCUT2D eigenvalue weighted by Gasteiger charge is -2.04. The van der Waals surface area contributed by atoms with Gasteiger partial charge in [0.2, 0.25) is 0 Å². The molecule has 2 heterocycles. The van der Waals surface area contributed by atoms with E-state index in [0.717, 1.165) is 0 Å². The number of carboxylic acid groups (broad SMARTS) is 1. The number of hydrogen-bond donors (Lipinski definition) is 1. The van der Waals surface area contributed by atoms with Crippen LogP contribution in [0, 0.1) is 5.82 Å². The molecule has 94 valence electrons. The minimum absolute atomic E-state index is 0.109. The van der Waals surface area contributed by atoms with E-state index in [2.05, 4.69) is 15.1 Å². The fraction of sp³-hybridized carbons (Fsp3) is 0. The fourth-order valence-corrected chi connectivity index (χ4v) is 1.76. The van der Waals surface area contributed by atoms with Crippen molar-refractivity contribution < 1.29 is 14.3 Å². The number of benzene rings is 1. The molecule has 3 rings (SSSR count). The van der Waals surface area contributed by atoms with Gasteiger partial charge in [0.1, 0.15) is 5.82 Å². The maximum Gasteiger partial charge on any atom is 0.375 e. The molecule has 7 heteroatoms. The van der Waals surface area contributed by atoms with Gasteiger partial charge in [-0.2, -0.15) is 9.50 Å². The van der Waals surface area contributed by atoms with Gasteiger partial charge < -0.3 is 5.11 Å². The molecule has 0 saturated carbocycles. The number of nitrogens with zero attached hydrogens (tertiary/aromatic N) is 4. The van der Waals surface area contributed by atoms with Crippen LogP contribution in [0.1, 0.15) is 10.6 Å². The summed E-state index contributed by atoms with van der Waals surface area (Å²) in [5.74, 6) is -1.96. The zero-order valence-electron chi connectivity index (χ0n) is 9.49. The number of aromatic carboxylic acids is 1. The summed E-state index contributed by atoms with van der Waals surface area (Å²) >= 11 is 0. The van der Waals surface area contributed by atoms with Gasteiger partial charge in [-0.25, -0.2) is 14.2 Å². The molecule has 0 fully saturated rings. The summed E-state index contributed by atoms with van der Waals surface area (Å²) in [5.41, 5.74) is 0.694. The number of carbonyl (C=O) groups is 1. The van der Waals surface area contributed by atoms with Crippen LogP contribution in [0.5, 0.6) is 0 Å². The molecule has 0 bridgehead atoms. The van der Waals surface area contributed by atoms with Crippen LogP contribution in [-0.2, 0) is 0 Å². The monoisotopic (exact) mass is 258 g/mol. The van der Waals surface area contributed by atoms with Crippen LogP contribution in [0.25, 0.3) is 17.0 Å². The Hall–Kier alpha value is -2.83. The lowest BCUT2D eigenvalue weighted by Crippen LogP contribution is -2.01. The number of hydrogen-bond acceptors (Lipinski definition) is 4. The summed E-state index contributed by atoms with van der Waals surface area (Å²) in [4.78, 5) is 18.5. The smallest absolute Gasteiger partial charge is 0.375 e. The van der Waals surface area contributed by atoms with Crippen molar-refractivity contribution in [1.82, 2.24) is 19.6 Å². The molecule has 2 aromatic heterocycles. The number of fused-ring (bicyclic) bond motifs is 1. The van der Waals surface area contributed by atoms with Gasteiger partial charge in [-0.1, -0.05) is 12.1 Å². The normalized spacial score (nSPS) is 10.8. The maximum absolute atomic E-state index is 13.8. The van der Waals surface area contributed by atoms with E-state index in [0.29, 0.717) is 11.3 Å². The van der Waals surface area contributed by atoms with E-state index in [1.165, 1.54) is 16.8 Å². The van der Waals surface area contributed by atoms with Crippen LogP contribution >= 0.6 is 0 Å². The van der Waals surface area contributed by atoms with Crippen LogP contribution in [0.3, 0.4) is 0 Å². The van der Waals surface area contributed by atoms with Crippen molar-refractivity contribution in [2.45, 2.75) is 0 Å². The average molecular weight is 258 g/mol. The van der Waals surface area contributed by atoms with Gasteiger partial charge in [-0.05, 0) is 18.2 Å². The third kappa shape index (κ3) is 1.81. The maximum atomic E-state index is 13.8. The van der Waals surface area contributed by atoms with Crippen molar-refractivity contribution >= 4 is 11.7 Å². The number of halogens is 1. The van der Waals surface area contributed by atoms with E-state index in [4.69, 9.17) is 5.11 Å². The number of rotatable bonds is 2. The minimum Gasteiger partial charge on any atom is -0.475 e. The van der Waals surface area contributed by atoms with E-state index in [1.807, 2.05) is 0 Å². The van der Waals surface area contributed by atoms with Crippen molar-refractivity contribution in [2.24, 2.45) is 0 Å². The molecule has 1 aromatic carbocycles. The third-order valence-electron chi connectivity index (χ3n) is 2.58. The topological polar surface area (TPSA) is 80.4 Å². The second-order valence-corrected chi connectivity index (χ2v) is 3.76. The first kappa shape index (κ1) is 11.3. The molecule has 0 saturated heterocycles. The Morgan fingerprint density at radius 3 is 2.79 bits per heavy atom. The summed E-state index contributed by atoms with van der Waals surface area (Å²) in [7, 11) is 0. The Morgan fingerprint density at radius 1 is 1.26 bits per heavy atom. The highest BCUT2D eigenvalue weighted by Crippen LogP contribution is 2.21. The Labute approximate surface area is 106 Å². The molecule has 1 N–H and O–H groups in total. The summed E-state index contributed by atoms with van der Waals surface area (Å²) in [6.45, 7) is 0. The Balaban J connectivity index is 2.30. The van der Waals surface area contributed by atoms with Gasteiger partial charge in [-0.3, -0.25) is 0 Å². The van der Waals surface area contributed by atoms with E-state index in [-0.39, 0.29) is 11.6 Å². The summed E-state index contributed by atoms with van der Waals surface area (Å²) in [6, 6.07) is 7.69. The first-order valence-corrected chi connectivity index (χ1v) is 5.37. The molecule has 0 radical (unpaired) electrons. The Morgan fingerprint density at radius 2 is 2.05 bits per heavy atom. The Kier molecular flexibility index (Phi) is 2.45. The lowest BCUT2D eigenvalue weighted by atomic mass is 10.1. The zero-order chi connectivity index (χ0) is 13.4. The van der Waals surface area contributed by atoms with Gasteiger partial charge in [0.25, 0.3) is 11.6 Å². The van der Waals surface area contributed by atoms with Crippen molar-refractivity contribution in [3.63, 3.8) is 0 Å². The van der Waals surface area contributed by atoms with Crippen LogP contribution in [0.15, 0.2) is 36.5 Å². The van der Waals surface area contributed by atoms with Crippen molar-refractivity contribution in [2.75, 3.05) is 0 Å². The molecule has 0 aliphatic heterocycles. The zero-order valence-corrected chi connectivity index (χ0v) is 9.49. The van der Waals surface area contributed by atoms with Gasteiger partial charge in [0.15, 0.2) is 0 Å². The van der Waals surface area contributed by atoms with Crippen molar-refractivity contribution in [3.05, 3.63) is 48.2 Å². The molecule has 0 aliphatic carbocycles. The summed E-state index contributed by atoms with van der Waals surface area (Å²) in [5, 5.41) is 12.7. The molecule has 0 unspecified atom stereocenters. The van der Waals surface area contributed by atoms with E-state index in [9.17, 15) is 9.18 Å². The van der Waals surface area contributed by atoms with Gasteiger partial charge in [-0.15, -0.1) is 5.10 Å². The van der Waals surface area contributed by atoms with Crippen molar-refractivity contribution in [3.8, 4) is 11.3 Å². The van der Waals surface area contributed by atoms with Crippen LogP contribution < -0.4 is 0 Å². The molecule has 6 nitrogen and oxygen atoms in total. The largest absolute Gasteiger partial charge is 0.475 e. The van der Waals surface area contributed by atoms with E-state index < -0.39 is 11.8 Å². The highest BCUT2D eigenvalue weighted by atomic mass is 19.1. The van der Waals surface area contributed by atoms with Crippen LogP contribution in [-0.4, -0.2) is 30.7 Å². The highest BCUT2D eigenvalue weighted by Gasteiger charge is 2.15. The average Bonchev–Trinajstić information content (AvgIpc) is 2.83. The molecule has 0 spiro atoms. The fourth-order valence-electron chi connectivity index (χ4n) is 1.76. The summed E-state index contributed by atoms with van der Waals surface area (Å²) < 4.78 is 15.0. The van der Waals surface area contributed by atoms with Gasteiger partial charge in [0, 0.05) is 11.8 Å². The minimum atomic E-state index is -1.26. The van der Waals surface area contributed by atoms with Gasteiger partial charge >= 0.3 is 5.97 Å². The quantitative estimate of drug-likeness (QED) is 0.755. The number of carboxylic acids is 1. The standard InChI is InChI=1S/C12H7FN4O2/c13-8-4-2-1-3-7(8)9-5-6-14-12-15-10(11(18)19)16-17(9)12/h1-6H,(H,18,19). The molecule has 0 amide bonds. The van der Waals surface area contributed by atoms with Crippen LogP contribution in [0.4, 0.5) is 4.39 Å². The SMILES string of the molecule is O=C(O)c1nc2nccc(-c3ccccc3F)n2n1. The van der Waals surface area contributed by atoms with E-state index >= 15 is 0 Å². The first-order valence-electron chi connectivity index (χ1n) is 5.37. The highest BCUT2D eigenvalue weighted by molar-refractivity contribution is 5.83. The predicted octanol–water partition coefficient (Wildman–Crippen LogP) is 1.63. The molecular weight excluding hydrogens is 251 g/mol. The second-order valence-electron chi connectivity index (χ2n) is 3.76. The van der Waals surface area contributed by atoms with E-state index in [1.54, 1.807) is 24.3 Å². The molecule has 0 atom stereocenters. The lowest BCUT2D eigenvalue weighted by molar-refractivity contribution is 0.0684. The molecular formula is C12H7FN4O2. The third-order valence-corrected chi connectivity index (χ3v) is 2.58. The van der Waals surface area contributed by atoms with Crippen molar-refractivity contribution in [1.29, 1.82) is 0 Å². The summed E-state index contributed by atoms with van der Waals surface area (Å²) in [6.07, 6.45) is 1.43. The first-order chi connectivity index (χ1) is 9.16. The van der Waals surface area contributed by atoms with Crippen LogP contribution in [0.2, 0.25) is 0 Å². The number of aromatic nitrogens is 4. The Bertz CT molecular complexity index is 784. The predicted molar refractivity (Wildman–Crippen MR) is 63.1 cm³/mol. The molecule has 3 aromatic rings. The van der Waals surface area contributed by atoms with Gasteiger partial charge in [0.05, 0.1) is 5.69 Å². The molecule has 0 aliphatic rings. The second kappa shape index (κ2) is 4.13. The molecule has 19 heavy (non-hydrogen) atoms.